The second-order valence-corrected chi connectivity index (χ2v) is 9.20. The molecule has 0 bridgehead atoms. The van der Waals surface area contributed by atoms with Crippen molar-refractivity contribution in [3.8, 4) is 0 Å². The fourth-order valence-electron chi connectivity index (χ4n) is 2.33. The van der Waals surface area contributed by atoms with Crippen LogP contribution in [0, 0.1) is 11.7 Å². The molecular formula is C18H25FN4O2Se. The summed E-state index contributed by atoms with van der Waals surface area (Å²) in [4.78, 5) is 12.5. The van der Waals surface area contributed by atoms with Crippen LogP contribution in [0.2, 0.25) is 0 Å². The quantitative estimate of drug-likeness (QED) is 0.497. The summed E-state index contributed by atoms with van der Waals surface area (Å²) in [6, 6.07) is 6.42. The maximum absolute atomic E-state index is 13.7. The number of nitrogens with two attached hydrogens (primary N) is 1. The second kappa shape index (κ2) is 9.26. The molecule has 1 unspecified atom stereocenters. The third-order valence-corrected chi connectivity index (χ3v) is 5.31. The van der Waals surface area contributed by atoms with Gasteiger partial charge in [-0.3, -0.25) is 0 Å². The van der Waals surface area contributed by atoms with Crippen LogP contribution in [-0.4, -0.2) is 42.8 Å². The Morgan fingerprint density at radius 1 is 1.35 bits per heavy atom. The summed E-state index contributed by atoms with van der Waals surface area (Å²) >= 11 is -0.175. The fourth-order valence-corrected chi connectivity index (χ4v) is 4.07. The number of hydrogen-bond donors (Lipinski definition) is 2. The first-order valence-corrected chi connectivity index (χ1v) is 10.3. The molecule has 142 valence electrons. The number of rotatable bonds is 8. The average molecular weight is 427 g/mol. The summed E-state index contributed by atoms with van der Waals surface area (Å²) in [5.41, 5.74) is 5.43. The molecule has 0 aliphatic carbocycles. The van der Waals surface area contributed by atoms with Gasteiger partial charge in [-0.2, -0.15) is 0 Å². The molecule has 2 aromatic rings. The normalized spacial score (nSPS) is 12.7. The Hall–Kier alpha value is -1.76. The molecule has 3 N–H and O–H groups in total. The number of hydrogen-bond acceptors (Lipinski definition) is 6. The molecule has 8 heteroatoms. The van der Waals surface area contributed by atoms with Crippen molar-refractivity contribution in [2.24, 2.45) is 11.7 Å². The van der Waals surface area contributed by atoms with Gasteiger partial charge in [0.05, 0.1) is 0 Å². The summed E-state index contributed by atoms with van der Waals surface area (Å²) in [5.74, 6) is -0.865. The van der Waals surface area contributed by atoms with Crippen LogP contribution in [-0.2, 0) is 16.0 Å². The molecule has 0 saturated heterocycles. The van der Waals surface area contributed by atoms with Gasteiger partial charge in [-0.1, -0.05) is 0 Å². The molecule has 1 atom stereocenters. The molecule has 6 nitrogen and oxygen atoms in total. The minimum atomic E-state index is -0.533. The number of benzene rings is 1. The van der Waals surface area contributed by atoms with Crippen LogP contribution in [0.4, 0.5) is 14.8 Å². The monoisotopic (exact) mass is 428 g/mol. The van der Waals surface area contributed by atoms with Crippen LogP contribution in [0.3, 0.4) is 0 Å². The maximum atomic E-state index is 13.7. The van der Waals surface area contributed by atoms with E-state index in [9.17, 15) is 9.18 Å². The summed E-state index contributed by atoms with van der Waals surface area (Å²) in [6.07, 6.45) is 1.88. The zero-order valence-corrected chi connectivity index (χ0v) is 17.0. The second-order valence-electron chi connectivity index (χ2n) is 6.97. The topological polar surface area (TPSA) is 90.1 Å². The van der Waals surface area contributed by atoms with Crippen molar-refractivity contribution in [2.45, 2.75) is 45.6 Å². The van der Waals surface area contributed by atoms with E-state index in [4.69, 9.17) is 10.5 Å². The Morgan fingerprint density at radius 3 is 2.73 bits per heavy atom. The third kappa shape index (κ3) is 6.52. The molecule has 2 rings (SSSR count). The Morgan fingerprint density at radius 2 is 2.08 bits per heavy atom. The van der Waals surface area contributed by atoms with E-state index in [2.05, 4.69) is 15.5 Å². The first-order chi connectivity index (χ1) is 12.3. The molecule has 1 heterocycles. The zero-order chi connectivity index (χ0) is 19.2. The molecule has 26 heavy (non-hydrogen) atoms. The fraction of sp³-hybridized carbons (Fsp3) is 0.500. The molecule has 0 fully saturated rings. The number of halogens is 1. The van der Waals surface area contributed by atoms with E-state index in [1.807, 2.05) is 20.8 Å². The predicted octanol–water partition coefficient (Wildman–Crippen LogP) is 2.66. The van der Waals surface area contributed by atoms with Crippen molar-refractivity contribution >= 4 is 30.9 Å². The van der Waals surface area contributed by atoms with Crippen LogP contribution < -0.4 is 11.1 Å². The van der Waals surface area contributed by atoms with Gasteiger partial charge in [-0.25, -0.2) is 0 Å². The average Bonchev–Trinajstić information content (AvgIpc) is 2.99. The van der Waals surface area contributed by atoms with Gasteiger partial charge in [-0.05, 0) is 0 Å². The molecule has 0 aliphatic rings. The van der Waals surface area contributed by atoms with E-state index in [1.165, 1.54) is 6.07 Å². The zero-order valence-electron chi connectivity index (χ0n) is 15.3. The van der Waals surface area contributed by atoms with E-state index < -0.39 is 5.60 Å². The van der Waals surface area contributed by atoms with Crippen LogP contribution in [0.15, 0.2) is 24.3 Å². The summed E-state index contributed by atoms with van der Waals surface area (Å²) in [5, 5.41) is 11.3. The van der Waals surface area contributed by atoms with Crippen molar-refractivity contribution in [1.29, 1.82) is 0 Å². The molecule has 0 radical (unpaired) electrons. The molecule has 1 aromatic heterocycles. The molecule has 0 spiro atoms. The van der Waals surface area contributed by atoms with Gasteiger partial charge >= 0.3 is 159 Å². The number of aromatic nitrogens is 2. The summed E-state index contributed by atoms with van der Waals surface area (Å²) in [6.45, 7) is 6.07. The van der Waals surface area contributed by atoms with Gasteiger partial charge in [0.25, 0.3) is 0 Å². The van der Waals surface area contributed by atoms with Crippen LogP contribution >= 0.6 is 0 Å². The SMILES string of the molecule is CC(C)(C)OC(=O)C(CCCN)Cc1nnc(Nc2ccccc2F)[se]1. The Bertz CT molecular complexity index is 730. The van der Waals surface area contributed by atoms with Gasteiger partial charge in [0.2, 0.25) is 0 Å². The Labute approximate surface area is 159 Å². The minimum absolute atomic E-state index is 0.175. The van der Waals surface area contributed by atoms with Gasteiger partial charge in [0.1, 0.15) is 0 Å². The first-order valence-electron chi connectivity index (χ1n) is 8.55. The Balaban J connectivity index is 2.05. The number of esters is 1. The molecule has 0 aliphatic heterocycles. The predicted molar refractivity (Wildman–Crippen MR) is 100.0 cm³/mol. The van der Waals surface area contributed by atoms with Crippen molar-refractivity contribution in [2.75, 3.05) is 11.9 Å². The van der Waals surface area contributed by atoms with Gasteiger partial charge in [-0.15, -0.1) is 0 Å². The van der Waals surface area contributed by atoms with Crippen molar-refractivity contribution in [1.82, 2.24) is 10.2 Å². The van der Waals surface area contributed by atoms with Crippen molar-refractivity contribution < 1.29 is 13.9 Å². The number of carbonyl (C=O) groups is 1. The number of carbonyl (C=O) groups excluding carboxylic acids is 1. The number of nitrogens with one attached hydrogen (secondary N) is 1. The third-order valence-electron chi connectivity index (χ3n) is 3.50. The molecule has 0 saturated carbocycles. The number of para-hydroxylation sites is 1. The van der Waals surface area contributed by atoms with Crippen LogP contribution in [0.1, 0.15) is 38.2 Å². The van der Waals surface area contributed by atoms with Crippen LogP contribution in [0.5, 0.6) is 0 Å². The summed E-state index contributed by atoms with van der Waals surface area (Å²) < 4.78 is 20.7. The van der Waals surface area contributed by atoms with Gasteiger partial charge in [0.15, 0.2) is 0 Å². The summed E-state index contributed by atoms with van der Waals surface area (Å²) in [7, 11) is 0. The molecular weight excluding hydrogens is 402 g/mol. The standard InChI is InChI=1S/C18H25FN4O2Se/c1-18(2,3)25-16(24)12(7-6-10-20)11-15-22-23-17(26-15)21-14-9-5-4-8-13(14)19/h4-5,8-9,12H,6-7,10-11,20H2,1-3H3,(H,21,23). The Kier molecular flexibility index (Phi) is 7.32. The van der Waals surface area contributed by atoms with E-state index >= 15 is 0 Å². The van der Waals surface area contributed by atoms with Crippen molar-refractivity contribution in [3.63, 3.8) is 0 Å². The van der Waals surface area contributed by atoms with E-state index in [0.717, 1.165) is 11.0 Å². The van der Waals surface area contributed by atoms with Gasteiger partial charge < -0.3 is 0 Å². The van der Waals surface area contributed by atoms with E-state index in [1.54, 1.807) is 18.2 Å². The van der Waals surface area contributed by atoms with Gasteiger partial charge in [0, 0.05) is 0 Å². The van der Waals surface area contributed by atoms with Crippen LogP contribution in [0.25, 0.3) is 0 Å². The van der Waals surface area contributed by atoms with E-state index in [0.29, 0.717) is 29.8 Å². The molecule has 0 amide bonds. The molecule has 1 aromatic carbocycles. The number of ether oxygens (including phenoxy) is 1. The number of anilines is 2. The number of nitrogens with zero attached hydrogens (tertiary/aromatic N) is 2. The van der Waals surface area contributed by atoms with E-state index in [-0.39, 0.29) is 32.2 Å². The van der Waals surface area contributed by atoms with Crippen molar-refractivity contribution in [3.05, 3.63) is 34.7 Å². The first kappa shape index (κ1) is 20.6.